The predicted molar refractivity (Wildman–Crippen MR) is 91.7 cm³/mol. The molecular formula is C19H16N2O4. The maximum atomic E-state index is 12.3. The zero-order valence-electron chi connectivity index (χ0n) is 14.0. The highest BCUT2D eigenvalue weighted by molar-refractivity contribution is 5.93. The van der Waals surface area contributed by atoms with Crippen LogP contribution in [0, 0.1) is 18.3 Å². The van der Waals surface area contributed by atoms with Gasteiger partial charge in [0.2, 0.25) is 0 Å². The van der Waals surface area contributed by atoms with E-state index in [0.29, 0.717) is 39.3 Å². The summed E-state index contributed by atoms with van der Waals surface area (Å²) in [5.41, 5.74) is 2.01. The second-order valence-corrected chi connectivity index (χ2v) is 6.00. The fourth-order valence-electron chi connectivity index (χ4n) is 3.28. The zero-order valence-corrected chi connectivity index (χ0v) is 14.0. The van der Waals surface area contributed by atoms with Crippen LogP contribution in [-0.4, -0.2) is 11.1 Å². The summed E-state index contributed by atoms with van der Waals surface area (Å²) < 4.78 is 5.75. The average molecular weight is 336 g/mol. The number of hydrogen-bond acceptors (Lipinski definition) is 5. The van der Waals surface area contributed by atoms with Crippen molar-refractivity contribution < 1.29 is 14.3 Å². The first-order chi connectivity index (χ1) is 11.8. The molecule has 2 N–H and O–H groups in total. The molecule has 0 radical (unpaired) electrons. The highest BCUT2D eigenvalue weighted by atomic mass is 16.4. The van der Waals surface area contributed by atoms with E-state index < -0.39 is 11.9 Å². The topological polar surface area (TPSA) is 103 Å². The molecule has 2 heterocycles. The Hall–Kier alpha value is -3.33. The van der Waals surface area contributed by atoms with Gasteiger partial charge in [0.1, 0.15) is 11.3 Å². The number of dihydropyridines is 1. The molecule has 6 heteroatoms. The summed E-state index contributed by atoms with van der Waals surface area (Å²) in [6, 6.07) is 8.49. The lowest BCUT2D eigenvalue weighted by atomic mass is 9.80. The number of carboxylic acids is 1. The quantitative estimate of drug-likeness (QED) is 0.874. The second kappa shape index (κ2) is 5.95. The smallest absolute Gasteiger partial charge is 0.334 e. The number of carbonyl (C=O) groups is 1. The second-order valence-electron chi connectivity index (χ2n) is 6.00. The molecule has 0 fully saturated rings. The van der Waals surface area contributed by atoms with Gasteiger partial charge in [-0.2, -0.15) is 5.26 Å². The van der Waals surface area contributed by atoms with Gasteiger partial charge in [-0.25, -0.2) is 4.79 Å². The standard InChI is InChI=1S/C19H16N2O4/c1-9-7-15(22)12-5-4-6-13(18(12)25-9)17-14(8-20)10(2)21-11(3)16(17)19(23)24/h4-7,17,21H,1-3H3,(H,23,24). The zero-order chi connectivity index (χ0) is 18.3. The monoisotopic (exact) mass is 336 g/mol. The third-order valence-corrected chi connectivity index (χ3v) is 4.33. The van der Waals surface area contributed by atoms with Crippen molar-refractivity contribution >= 4 is 16.9 Å². The van der Waals surface area contributed by atoms with Crippen LogP contribution in [0.5, 0.6) is 0 Å². The molecule has 0 bridgehead atoms. The third kappa shape index (κ3) is 2.60. The Labute approximate surface area is 143 Å². The van der Waals surface area contributed by atoms with Crippen molar-refractivity contribution in [1.29, 1.82) is 5.26 Å². The van der Waals surface area contributed by atoms with E-state index in [1.54, 1.807) is 39.0 Å². The number of rotatable bonds is 2. The minimum atomic E-state index is -1.12. The maximum absolute atomic E-state index is 12.3. The number of aliphatic carboxylic acids is 1. The minimum Gasteiger partial charge on any atom is -0.478 e. The highest BCUT2D eigenvalue weighted by Gasteiger charge is 2.35. The van der Waals surface area contributed by atoms with Gasteiger partial charge >= 0.3 is 5.97 Å². The van der Waals surface area contributed by atoms with Crippen molar-refractivity contribution in [3.05, 3.63) is 68.4 Å². The largest absolute Gasteiger partial charge is 0.478 e. The first-order valence-electron chi connectivity index (χ1n) is 7.70. The fourth-order valence-corrected chi connectivity index (χ4v) is 3.28. The number of nitrogens with one attached hydrogen (secondary N) is 1. The van der Waals surface area contributed by atoms with Gasteiger partial charge in [-0.05, 0) is 26.8 Å². The molecule has 0 saturated carbocycles. The first kappa shape index (κ1) is 16.5. The summed E-state index contributed by atoms with van der Waals surface area (Å²) in [5, 5.41) is 22.6. The molecule has 1 atom stereocenters. The van der Waals surface area contributed by atoms with E-state index >= 15 is 0 Å². The van der Waals surface area contributed by atoms with Gasteiger partial charge in [0, 0.05) is 23.0 Å². The molecule has 0 aliphatic carbocycles. The van der Waals surface area contributed by atoms with Gasteiger partial charge < -0.3 is 14.8 Å². The summed E-state index contributed by atoms with van der Waals surface area (Å²) in [4.78, 5) is 24.1. The average Bonchev–Trinajstić information content (AvgIpc) is 2.53. The Balaban J connectivity index is 2.42. The molecule has 1 aromatic heterocycles. The summed E-state index contributed by atoms with van der Waals surface area (Å²) in [6.45, 7) is 5.03. The van der Waals surface area contributed by atoms with Crippen molar-refractivity contribution in [2.24, 2.45) is 0 Å². The number of para-hydroxylation sites is 1. The minimum absolute atomic E-state index is 0.0683. The van der Waals surface area contributed by atoms with E-state index in [0.717, 1.165) is 0 Å². The van der Waals surface area contributed by atoms with Crippen molar-refractivity contribution in [3.63, 3.8) is 0 Å². The lowest BCUT2D eigenvalue weighted by molar-refractivity contribution is -0.133. The van der Waals surface area contributed by atoms with Crippen LogP contribution in [0.3, 0.4) is 0 Å². The van der Waals surface area contributed by atoms with Crippen LogP contribution in [0.15, 0.2) is 56.0 Å². The number of nitrogens with zero attached hydrogens (tertiary/aromatic N) is 1. The van der Waals surface area contributed by atoms with Crippen LogP contribution in [0.25, 0.3) is 11.0 Å². The van der Waals surface area contributed by atoms with Gasteiger partial charge in [-0.1, -0.05) is 12.1 Å². The molecule has 25 heavy (non-hydrogen) atoms. The maximum Gasteiger partial charge on any atom is 0.334 e. The Kier molecular flexibility index (Phi) is 3.93. The van der Waals surface area contributed by atoms with Crippen molar-refractivity contribution in [3.8, 4) is 6.07 Å². The molecule has 0 spiro atoms. The fraction of sp³-hybridized carbons (Fsp3) is 0.211. The molecule has 126 valence electrons. The van der Waals surface area contributed by atoms with Crippen LogP contribution >= 0.6 is 0 Å². The summed E-state index contributed by atoms with van der Waals surface area (Å²) in [7, 11) is 0. The third-order valence-electron chi connectivity index (χ3n) is 4.33. The molecule has 1 aliphatic rings. The van der Waals surface area contributed by atoms with Crippen LogP contribution in [0.1, 0.15) is 31.1 Å². The van der Waals surface area contributed by atoms with Crippen molar-refractivity contribution in [2.45, 2.75) is 26.7 Å². The summed E-state index contributed by atoms with van der Waals surface area (Å²) in [5.74, 6) is -1.50. The number of allylic oxidation sites excluding steroid dienone is 3. The number of aryl methyl sites for hydroxylation is 1. The molecule has 3 rings (SSSR count). The van der Waals surface area contributed by atoms with Crippen molar-refractivity contribution in [1.82, 2.24) is 5.32 Å². The number of hydrogen-bond donors (Lipinski definition) is 2. The number of fused-ring (bicyclic) bond motifs is 1. The van der Waals surface area contributed by atoms with Gasteiger partial charge in [0.05, 0.1) is 28.5 Å². The van der Waals surface area contributed by atoms with E-state index in [-0.39, 0.29) is 11.0 Å². The lowest BCUT2D eigenvalue weighted by Crippen LogP contribution is -2.27. The number of benzene rings is 1. The van der Waals surface area contributed by atoms with Gasteiger partial charge in [0.25, 0.3) is 0 Å². The predicted octanol–water partition coefficient (Wildman–Crippen LogP) is 2.94. The van der Waals surface area contributed by atoms with Crippen LogP contribution in [-0.2, 0) is 4.79 Å². The molecule has 1 aliphatic heterocycles. The molecule has 0 saturated heterocycles. The first-order valence-corrected chi connectivity index (χ1v) is 7.70. The molecule has 6 nitrogen and oxygen atoms in total. The van der Waals surface area contributed by atoms with E-state index in [4.69, 9.17) is 4.42 Å². The SMILES string of the molecule is CC1=C(C#N)C(c2cccc3c(=O)cc(C)oc23)C(C(=O)O)=C(C)N1. The molecule has 1 aromatic carbocycles. The molecule has 2 aromatic rings. The van der Waals surface area contributed by atoms with E-state index in [1.165, 1.54) is 6.07 Å². The van der Waals surface area contributed by atoms with Gasteiger partial charge in [0.15, 0.2) is 5.43 Å². The lowest BCUT2D eigenvalue weighted by Gasteiger charge is -2.27. The normalized spacial score (nSPS) is 17.4. The van der Waals surface area contributed by atoms with Gasteiger partial charge in [-0.15, -0.1) is 0 Å². The Bertz CT molecular complexity index is 1070. The summed E-state index contributed by atoms with van der Waals surface area (Å²) >= 11 is 0. The number of carboxylic acid groups (broad SMARTS) is 1. The van der Waals surface area contributed by atoms with Crippen LogP contribution < -0.4 is 10.7 Å². The van der Waals surface area contributed by atoms with E-state index in [9.17, 15) is 20.0 Å². The molecule has 0 amide bonds. The Morgan fingerprint density at radius 3 is 2.64 bits per heavy atom. The summed E-state index contributed by atoms with van der Waals surface area (Å²) in [6.07, 6.45) is 0. The van der Waals surface area contributed by atoms with Crippen LogP contribution in [0.2, 0.25) is 0 Å². The van der Waals surface area contributed by atoms with Crippen molar-refractivity contribution in [2.75, 3.05) is 0 Å². The number of nitriles is 1. The van der Waals surface area contributed by atoms with Crippen LogP contribution in [0.4, 0.5) is 0 Å². The van der Waals surface area contributed by atoms with Gasteiger partial charge in [-0.3, -0.25) is 4.79 Å². The molecular weight excluding hydrogens is 320 g/mol. The van der Waals surface area contributed by atoms with E-state index in [2.05, 4.69) is 11.4 Å². The molecule has 1 unspecified atom stereocenters. The Morgan fingerprint density at radius 2 is 2.00 bits per heavy atom. The highest BCUT2D eigenvalue weighted by Crippen LogP contribution is 2.40. The van der Waals surface area contributed by atoms with E-state index in [1.807, 2.05) is 0 Å². The Morgan fingerprint density at radius 1 is 1.28 bits per heavy atom.